The molecule has 0 bridgehead atoms. The molecular weight excluding hydrogens is 408 g/mol. The summed E-state index contributed by atoms with van der Waals surface area (Å²) < 4.78 is 0. The maximum absolute atomic E-state index is 12.6. The molecule has 0 saturated carbocycles. The van der Waals surface area contributed by atoms with Crippen LogP contribution in [0.15, 0.2) is 115 Å². The van der Waals surface area contributed by atoms with Gasteiger partial charge in [0.25, 0.3) is 0 Å². The predicted molar refractivity (Wildman–Crippen MR) is 135 cm³/mol. The zero-order chi connectivity index (χ0) is 22.8. The second kappa shape index (κ2) is 8.51. The van der Waals surface area contributed by atoms with Gasteiger partial charge in [-0.15, -0.1) is 0 Å². The highest BCUT2D eigenvalue weighted by Gasteiger charge is 2.54. The Morgan fingerprint density at radius 1 is 0.438 bits per heavy atom. The van der Waals surface area contributed by atoms with E-state index in [9.17, 15) is 10.2 Å². The summed E-state index contributed by atoms with van der Waals surface area (Å²) in [7, 11) is -1.51. The van der Waals surface area contributed by atoms with Crippen LogP contribution in [0.3, 0.4) is 0 Å². The minimum Gasteiger partial charge on any atom is -0.377 e. The summed E-state index contributed by atoms with van der Waals surface area (Å²) in [6.07, 6.45) is 0. The van der Waals surface area contributed by atoms with Gasteiger partial charge < -0.3 is 10.2 Å². The summed E-state index contributed by atoms with van der Waals surface area (Å²) in [5, 5.41) is 26.5. The van der Waals surface area contributed by atoms with E-state index in [0.29, 0.717) is 22.3 Å². The Kier molecular flexibility index (Phi) is 5.91. The highest BCUT2D eigenvalue weighted by atomic mass is 28.3. The Bertz CT molecular complexity index is 1110. The molecule has 0 fully saturated rings. The fourth-order valence-electron chi connectivity index (χ4n) is 4.42. The summed E-state index contributed by atoms with van der Waals surface area (Å²) in [6.45, 7) is 6.90. The molecule has 1 unspecified atom stereocenters. The van der Waals surface area contributed by atoms with Crippen molar-refractivity contribution in [2.75, 3.05) is 0 Å². The normalized spacial score (nSPS) is 14.0. The molecule has 2 N–H and O–H groups in total. The van der Waals surface area contributed by atoms with Crippen LogP contribution >= 0.6 is 0 Å². The van der Waals surface area contributed by atoms with Gasteiger partial charge in [0.2, 0.25) is 0 Å². The van der Waals surface area contributed by atoms with Crippen molar-refractivity contribution in [3.8, 4) is 0 Å². The van der Waals surface area contributed by atoms with Crippen molar-refractivity contribution < 1.29 is 10.2 Å². The van der Waals surface area contributed by atoms with Crippen LogP contribution in [0.4, 0.5) is 0 Å². The standard InChI is InChI=1S/C29H30O2Si/c1-32(2,3)27-21-19-26(20-22-27)29(31,25-17-11-6-12-18-25)28(30,23-13-7-4-8-14-23)24-15-9-5-10-16-24/h4-22,30-31H,1-3H3. The highest BCUT2D eigenvalue weighted by molar-refractivity contribution is 6.88. The molecule has 4 rings (SSSR count). The quantitative estimate of drug-likeness (QED) is 0.396. The van der Waals surface area contributed by atoms with Gasteiger partial charge >= 0.3 is 0 Å². The fourth-order valence-corrected chi connectivity index (χ4v) is 5.59. The average Bonchev–Trinajstić information content (AvgIpc) is 2.84. The minimum atomic E-state index is -1.71. The molecule has 0 saturated heterocycles. The molecule has 4 aromatic rings. The molecule has 0 amide bonds. The predicted octanol–water partition coefficient (Wildman–Crippen LogP) is 5.40. The lowest BCUT2D eigenvalue weighted by Gasteiger charge is -2.45. The zero-order valence-electron chi connectivity index (χ0n) is 18.9. The van der Waals surface area contributed by atoms with E-state index in [0.717, 1.165) is 0 Å². The molecule has 0 radical (unpaired) electrons. The molecule has 0 spiro atoms. The van der Waals surface area contributed by atoms with E-state index >= 15 is 0 Å². The van der Waals surface area contributed by atoms with E-state index in [-0.39, 0.29) is 0 Å². The van der Waals surface area contributed by atoms with Crippen LogP contribution in [0.25, 0.3) is 0 Å². The van der Waals surface area contributed by atoms with E-state index < -0.39 is 19.3 Å². The smallest absolute Gasteiger partial charge is 0.152 e. The van der Waals surface area contributed by atoms with E-state index in [1.165, 1.54) is 5.19 Å². The van der Waals surface area contributed by atoms with Gasteiger partial charge in [0.1, 0.15) is 0 Å². The summed E-state index contributed by atoms with van der Waals surface area (Å²) in [5.74, 6) is 0. The van der Waals surface area contributed by atoms with Crippen LogP contribution in [-0.4, -0.2) is 18.3 Å². The SMILES string of the molecule is C[Si](C)(C)c1ccc(C(O)(c2ccccc2)C(O)(c2ccccc2)c2ccccc2)cc1. The van der Waals surface area contributed by atoms with Gasteiger partial charge in [-0.3, -0.25) is 0 Å². The second-order valence-electron chi connectivity index (χ2n) is 9.35. The van der Waals surface area contributed by atoms with E-state index in [2.05, 4.69) is 31.8 Å². The Balaban J connectivity index is 2.04. The number of hydrogen-bond donors (Lipinski definition) is 2. The van der Waals surface area contributed by atoms with Gasteiger partial charge in [-0.05, 0) is 22.3 Å². The highest BCUT2D eigenvalue weighted by Crippen LogP contribution is 2.49. The van der Waals surface area contributed by atoms with Crippen LogP contribution in [0, 0.1) is 0 Å². The lowest BCUT2D eigenvalue weighted by atomic mass is 9.66. The molecule has 3 heteroatoms. The number of aliphatic hydroxyl groups is 2. The largest absolute Gasteiger partial charge is 0.377 e. The van der Waals surface area contributed by atoms with Crippen molar-refractivity contribution in [3.63, 3.8) is 0 Å². The minimum absolute atomic E-state index is 0.631. The molecule has 0 heterocycles. The van der Waals surface area contributed by atoms with Crippen molar-refractivity contribution in [3.05, 3.63) is 138 Å². The van der Waals surface area contributed by atoms with Gasteiger partial charge in [0, 0.05) is 0 Å². The Morgan fingerprint density at radius 3 is 1.00 bits per heavy atom. The number of hydrogen-bond acceptors (Lipinski definition) is 2. The number of rotatable bonds is 6. The summed E-state index contributed by atoms with van der Waals surface area (Å²) in [5.41, 5.74) is -0.873. The van der Waals surface area contributed by atoms with Gasteiger partial charge in [-0.2, -0.15) is 0 Å². The Labute approximate surface area is 191 Å². The fraction of sp³-hybridized carbons (Fsp3) is 0.172. The topological polar surface area (TPSA) is 40.5 Å². The summed E-state index contributed by atoms with van der Waals surface area (Å²) in [6, 6.07) is 36.5. The van der Waals surface area contributed by atoms with Crippen LogP contribution < -0.4 is 5.19 Å². The molecule has 1 atom stereocenters. The molecule has 4 aromatic carbocycles. The van der Waals surface area contributed by atoms with Gasteiger partial charge in [0.15, 0.2) is 11.2 Å². The van der Waals surface area contributed by atoms with E-state index in [4.69, 9.17) is 0 Å². The first-order valence-corrected chi connectivity index (χ1v) is 14.5. The lowest BCUT2D eigenvalue weighted by molar-refractivity contribution is -0.113. The van der Waals surface area contributed by atoms with Crippen LogP contribution in [0.5, 0.6) is 0 Å². The van der Waals surface area contributed by atoms with E-state index in [1.54, 1.807) is 0 Å². The molecule has 32 heavy (non-hydrogen) atoms. The third-order valence-corrected chi connectivity index (χ3v) is 8.33. The molecule has 0 aliphatic heterocycles. The van der Waals surface area contributed by atoms with Gasteiger partial charge in [-0.1, -0.05) is 140 Å². The van der Waals surface area contributed by atoms with Crippen molar-refractivity contribution in [2.24, 2.45) is 0 Å². The van der Waals surface area contributed by atoms with Gasteiger partial charge in [-0.25, -0.2) is 0 Å². The van der Waals surface area contributed by atoms with Crippen molar-refractivity contribution in [1.82, 2.24) is 0 Å². The van der Waals surface area contributed by atoms with Crippen LogP contribution in [0.1, 0.15) is 22.3 Å². The van der Waals surface area contributed by atoms with Crippen molar-refractivity contribution in [2.45, 2.75) is 30.8 Å². The molecular formula is C29H30O2Si. The second-order valence-corrected chi connectivity index (χ2v) is 14.4. The summed E-state index contributed by atoms with van der Waals surface area (Å²) in [4.78, 5) is 0. The third-order valence-electron chi connectivity index (χ3n) is 6.27. The van der Waals surface area contributed by atoms with Crippen molar-refractivity contribution >= 4 is 13.3 Å². The molecule has 0 aliphatic rings. The first-order valence-electron chi connectivity index (χ1n) is 11.0. The zero-order valence-corrected chi connectivity index (χ0v) is 19.9. The number of benzene rings is 4. The maximum Gasteiger partial charge on any atom is 0.152 e. The van der Waals surface area contributed by atoms with Crippen molar-refractivity contribution in [1.29, 1.82) is 0 Å². The molecule has 0 aliphatic carbocycles. The first kappa shape index (κ1) is 22.2. The first-order chi connectivity index (χ1) is 15.3. The average molecular weight is 439 g/mol. The Hall–Kier alpha value is -2.98. The molecule has 0 aromatic heterocycles. The molecule has 162 valence electrons. The molecule has 2 nitrogen and oxygen atoms in total. The van der Waals surface area contributed by atoms with E-state index in [1.807, 2.05) is 103 Å². The lowest BCUT2D eigenvalue weighted by Crippen LogP contribution is -2.51. The monoisotopic (exact) mass is 438 g/mol. The third kappa shape index (κ3) is 3.73. The maximum atomic E-state index is 12.6. The van der Waals surface area contributed by atoms with Gasteiger partial charge in [0.05, 0.1) is 8.07 Å². The Morgan fingerprint density at radius 2 is 0.719 bits per heavy atom. The van der Waals surface area contributed by atoms with Crippen LogP contribution in [-0.2, 0) is 11.2 Å². The van der Waals surface area contributed by atoms with Crippen LogP contribution in [0.2, 0.25) is 19.6 Å². The summed E-state index contributed by atoms with van der Waals surface area (Å²) >= 11 is 0.